The van der Waals surface area contributed by atoms with Gasteiger partial charge >= 0.3 is 0 Å². The molecule has 1 saturated carbocycles. The van der Waals surface area contributed by atoms with Gasteiger partial charge in [-0.1, -0.05) is 18.2 Å². The predicted molar refractivity (Wildman–Crippen MR) is 80.3 cm³/mol. The van der Waals surface area contributed by atoms with Crippen molar-refractivity contribution in [3.63, 3.8) is 0 Å². The highest BCUT2D eigenvalue weighted by Crippen LogP contribution is 2.21. The summed E-state index contributed by atoms with van der Waals surface area (Å²) < 4.78 is 19.4. The van der Waals surface area contributed by atoms with Gasteiger partial charge in [0, 0.05) is 12.6 Å². The van der Waals surface area contributed by atoms with Crippen molar-refractivity contribution >= 4 is 0 Å². The van der Waals surface area contributed by atoms with Crippen molar-refractivity contribution in [3.05, 3.63) is 35.6 Å². The molecule has 0 radical (unpaired) electrons. The third kappa shape index (κ3) is 5.59. The molecule has 112 valence electrons. The second-order valence-corrected chi connectivity index (χ2v) is 6.05. The summed E-state index contributed by atoms with van der Waals surface area (Å²) in [6.45, 7) is 5.81. The van der Waals surface area contributed by atoms with Crippen LogP contribution in [0, 0.1) is 11.7 Å². The monoisotopic (exact) mass is 279 g/mol. The highest BCUT2D eigenvalue weighted by atomic mass is 19.1. The molecule has 1 aliphatic rings. The summed E-state index contributed by atoms with van der Waals surface area (Å²) in [5, 5.41) is 3.56. The molecule has 1 aliphatic carbocycles. The van der Waals surface area contributed by atoms with Gasteiger partial charge in [-0.05, 0) is 63.6 Å². The maximum Gasteiger partial charge on any atom is 0.126 e. The predicted octanol–water partition coefficient (Wildman–Crippen LogP) is 3.55. The van der Waals surface area contributed by atoms with Crippen molar-refractivity contribution in [2.24, 2.45) is 5.92 Å². The number of benzene rings is 1. The molecule has 1 unspecified atom stereocenters. The van der Waals surface area contributed by atoms with Crippen molar-refractivity contribution in [1.82, 2.24) is 5.32 Å². The molecular formula is C17H26FNO. The first kappa shape index (κ1) is 15.5. The van der Waals surface area contributed by atoms with E-state index in [0.717, 1.165) is 31.6 Å². The van der Waals surface area contributed by atoms with E-state index in [-0.39, 0.29) is 11.9 Å². The SMILES string of the molecule is CC(C)OCCC(CNC1CC1)Cc1ccccc1F. The molecule has 0 saturated heterocycles. The Bertz CT molecular complexity index is 404. The van der Waals surface area contributed by atoms with Gasteiger partial charge in [-0.2, -0.15) is 0 Å². The molecule has 2 rings (SSSR count). The summed E-state index contributed by atoms with van der Waals surface area (Å²) in [6, 6.07) is 7.80. The number of hydrogen-bond donors (Lipinski definition) is 1. The Hall–Kier alpha value is -0.930. The zero-order valence-corrected chi connectivity index (χ0v) is 12.6. The van der Waals surface area contributed by atoms with Crippen LogP contribution in [0.5, 0.6) is 0 Å². The van der Waals surface area contributed by atoms with Gasteiger partial charge in [0.1, 0.15) is 5.82 Å². The van der Waals surface area contributed by atoms with Crippen molar-refractivity contribution in [3.8, 4) is 0 Å². The van der Waals surface area contributed by atoms with E-state index in [2.05, 4.69) is 5.32 Å². The highest BCUT2D eigenvalue weighted by Gasteiger charge is 2.22. The van der Waals surface area contributed by atoms with Gasteiger partial charge in [0.2, 0.25) is 0 Å². The van der Waals surface area contributed by atoms with Crippen molar-refractivity contribution < 1.29 is 9.13 Å². The summed E-state index contributed by atoms with van der Waals surface area (Å²) in [4.78, 5) is 0. The zero-order valence-electron chi connectivity index (χ0n) is 12.6. The van der Waals surface area contributed by atoms with E-state index in [0.29, 0.717) is 12.0 Å². The molecule has 0 amide bonds. The second-order valence-electron chi connectivity index (χ2n) is 6.05. The molecule has 0 heterocycles. The van der Waals surface area contributed by atoms with Crippen molar-refractivity contribution in [2.45, 2.75) is 51.7 Å². The fourth-order valence-corrected chi connectivity index (χ4v) is 2.34. The molecule has 2 nitrogen and oxygen atoms in total. The molecule has 0 bridgehead atoms. The van der Waals surface area contributed by atoms with E-state index < -0.39 is 0 Å². The van der Waals surface area contributed by atoms with Crippen LogP contribution < -0.4 is 5.32 Å². The lowest BCUT2D eigenvalue weighted by Gasteiger charge is -2.19. The Labute approximate surface area is 121 Å². The second kappa shape index (κ2) is 7.75. The largest absolute Gasteiger partial charge is 0.379 e. The minimum absolute atomic E-state index is 0.0892. The quantitative estimate of drug-likeness (QED) is 0.746. The molecule has 1 aromatic carbocycles. The molecule has 0 aromatic heterocycles. The highest BCUT2D eigenvalue weighted by molar-refractivity contribution is 5.17. The minimum Gasteiger partial charge on any atom is -0.379 e. The van der Waals surface area contributed by atoms with E-state index >= 15 is 0 Å². The first-order chi connectivity index (χ1) is 9.65. The van der Waals surface area contributed by atoms with E-state index in [1.165, 1.54) is 12.8 Å². The van der Waals surface area contributed by atoms with Crippen molar-refractivity contribution in [1.29, 1.82) is 0 Å². The molecule has 0 spiro atoms. The van der Waals surface area contributed by atoms with E-state index in [9.17, 15) is 4.39 Å². The summed E-state index contributed by atoms with van der Waals surface area (Å²) in [5.74, 6) is 0.347. The maximum atomic E-state index is 13.8. The maximum absolute atomic E-state index is 13.8. The number of nitrogens with one attached hydrogen (secondary N) is 1. The van der Waals surface area contributed by atoms with Crippen LogP contribution in [0.4, 0.5) is 4.39 Å². The minimum atomic E-state index is -0.0892. The average molecular weight is 279 g/mol. The van der Waals surface area contributed by atoms with Crippen LogP contribution in [0.1, 0.15) is 38.7 Å². The Morgan fingerprint density at radius 1 is 1.30 bits per heavy atom. The van der Waals surface area contributed by atoms with Crippen LogP contribution >= 0.6 is 0 Å². The van der Waals surface area contributed by atoms with Gasteiger partial charge in [-0.15, -0.1) is 0 Å². The smallest absolute Gasteiger partial charge is 0.126 e. The summed E-state index contributed by atoms with van der Waals surface area (Å²) >= 11 is 0. The lowest BCUT2D eigenvalue weighted by Crippen LogP contribution is -2.27. The van der Waals surface area contributed by atoms with Crippen LogP contribution in [0.15, 0.2) is 24.3 Å². The van der Waals surface area contributed by atoms with Crippen LogP contribution in [-0.2, 0) is 11.2 Å². The number of rotatable bonds is 9. The summed E-state index contributed by atoms with van der Waals surface area (Å²) in [5.41, 5.74) is 0.819. The third-order valence-electron chi connectivity index (χ3n) is 3.72. The molecule has 20 heavy (non-hydrogen) atoms. The van der Waals surface area contributed by atoms with Crippen LogP contribution in [0.3, 0.4) is 0 Å². The third-order valence-corrected chi connectivity index (χ3v) is 3.72. The van der Waals surface area contributed by atoms with Gasteiger partial charge in [0.25, 0.3) is 0 Å². The zero-order chi connectivity index (χ0) is 14.4. The molecule has 1 fully saturated rings. The number of halogens is 1. The number of hydrogen-bond acceptors (Lipinski definition) is 2. The molecular weight excluding hydrogens is 253 g/mol. The molecule has 3 heteroatoms. The first-order valence-electron chi connectivity index (χ1n) is 7.73. The molecule has 1 atom stereocenters. The summed E-state index contributed by atoms with van der Waals surface area (Å²) in [7, 11) is 0. The van der Waals surface area contributed by atoms with Gasteiger partial charge in [0.05, 0.1) is 6.10 Å². The fourth-order valence-electron chi connectivity index (χ4n) is 2.34. The van der Waals surface area contributed by atoms with E-state index in [1.54, 1.807) is 12.1 Å². The lowest BCUT2D eigenvalue weighted by atomic mass is 9.96. The van der Waals surface area contributed by atoms with Crippen LogP contribution in [0.2, 0.25) is 0 Å². The Kier molecular flexibility index (Phi) is 5.99. The first-order valence-corrected chi connectivity index (χ1v) is 7.73. The Morgan fingerprint density at radius 3 is 2.70 bits per heavy atom. The fraction of sp³-hybridized carbons (Fsp3) is 0.647. The molecule has 0 aliphatic heterocycles. The normalized spacial score (nSPS) is 16.6. The van der Waals surface area contributed by atoms with Crippen LogP contribution in [0.25, 0.3) is 0 Å². The van der Waals surface area contributed by atoms with Gasteiger partial charge < -0.3 is 10.1 Å². The van der Waals surface area contributed by atoms with Crippen molar-refractivity contribution in [2.75, 3.05) is 13.2 Å². The number of ether oxygens (including phenoxy) is 1. The lowest BCUT2D eigenvalue weighted by molar-refractivity contribution is 0.0682. The molecule has 1 aromatic rings. The van der Waals surface area contributed by atoms with Crippen LogP contribution in [-0.4, -0.2) is 25.3 Å². The Morgan fingerprint density at radius 2 is 2.05 bits per heavy atom. The van der Waals surface area contributed by atoms with Gasteiger partial charge in [0.15, 0.2) is 0 Å². The van der Waals surface area contributed by atoms with Gasteiger partial charge in [-0.25, -0.2) is 4.39 Å². The van der Waals surface area contributed by atoms with E-state index in [1.807, 2.05) is 26.0 Å². The standard InChI is InChI=1S/C17H26FNO/c1-13(2)20-10-9-14(12-19-16-7-8-16)11-15-5-3-4-6-17(15)18/h3-6,13-14,16,19H,7-12H2,1-2H3. The van der Waals surface area contributed by atoms with Gasteiger partial charge in [-0.3, -0.25) is 0 Å². The average Bonchev–Trinajstić information content (AvgIpc) is 3.22. The van der Waals surface area contributed by atoms with E-state index in [4.69, 9.17) is 4.74 Å². The summed E-state index contributed by atoms with van der Waals surface area (Å²) in [6.07, 6.45) is 4.60. The molecule has 1 N–H and O–H groups in total. The topological polar surface area (TPSA) is 21.3 Å². The Balaban J connectivity index is 1.85.